The number of hydrogen-bond donors (Lipinski definition) is 0. The second-order valence-corrected chi connectivity index (χ2v) is 2.00. The highest BCUT2D eigenvalue weighted by Crippen LogP contribution is 2.29. The highest BCUT2D eigenvalue weighted by Gasteiger charge is 2.33. The van der Waals surface area contributed by atoms with Crippen LogP contribution in [0.25, 0.3) is 0 Å². The van der Waals surface area contributed by atoms with Gasteiger partial charge in [-0.3, -0.25) is 9.78 Å². The van der Waals surface area contributed by atoms with Gasteiger partial charge in [-0.15, -0.1) is 0 Å². The van der Waals surface area contributed by atoms with E-state index >= 15 is 0 Å². The lowest BCUT2D eigenvalue weighted by Crippen LogP contribution is -2.09. The van der Waals surface area contributed by atoms with Gasteiger partial charge in [0.1, 0.15) is 5.69 Å². The smallest absolute Gasteiger partial charge is 0.283 e. The molecule has 1 aromatic heterocycles. The number of aromatic nitrogens is 1. The maximum Gasteiger partial charge on any atom is 0.418 e. The molecule has 0 aliphatic carbocycles. The molecule has 0 N–H and O–H groups in total. The molecule has 63 valence electrons. The summed E-state index contributed by atoms with van der Waals surface area (Å²) in [6, 6.07) is 1.90. The molecule has 2 nitrogen and oxygen atoms in total. The van der Waals surface area contributed by atoms with Crippen molar-refractivity contribution in [1.82, 2.24) is 4.98 Å². The van der Waals surface area contributed by atoms with Crippen LogP contribution in [-0.2, 0) is 11.0 Å². The minimum absolute atomic E-state index is 0.704. The summed E-state index contributed by atoms with van der Waals surface area (Å²) in [4.78, 5) is 13.2. The molecule has 5 heteroatoms. The van der Waals surface area contributed by atoms with Crippen LogP contribution in [0.15, 0.2) is 18.3 Å². The van der Waals surface area contributed by atoms with Gasteiger partial charge in [0, 0.05) is 6.20 Å². The Morgan fingerprint density at radius 2 is 2.08 bits per heavy atom. The minimum Gasteiger partial charge on any atom is -0.283 e. The summed E-state index contributed by atoms with van der Waals surface area (Å²) >= 11 is 0. The molecule has 1 radical (unpaired) electrons. The Hall–Kier alpha value is -1.39. The van der Waals surface area contributed by atoms with Crippen molar-refractivity contribution < 1.29 is 18.0 Å². The summed E-state index contributed by atoms with van der Waals surface area (Å²) in [5, 5.41) is 0. The molecule has 0 atom stereocenters. The average Bonchev–Trinajstić information content (AvgIpc) is 2.03. The van der Waals surface area contributed by atoms with Crippen molar-refractivity contribution in [3.05, 3.63) is 29.6 Å². The van der Waals surface area contributed by atoms with Crippen LogP contribution in [0.5, 0.6) is 0 Å². The summed E-state index contributed by atoms with van der Waals surface area (Å²) in [5.41, 5.74) is -1.76. The fourth-order valence-corrected chi connectivity index (χ4v) is 0.715. The highest BCUT2D eigenvalue weighted by atomic mass is 19.4. The van der Waals surface area contributed by atoms with Crippen LogP contribution in [0.4, 0.5) is 13.2 Å². The van der Waals surface area contributed by atoms with Crippen LogP contribution < -0.4 is 0 Å². The van der Waals surface area contributed by atoms with E-state index in [1.165, 1.54) is 0 Å². The van der Waals surface area contributed by atoms with Gasteiger partial charge in [-0.2, -0.15) is 13.2 Å². The van der Waals surface area contributed by atoms with E-state index < -0.39 is 17.4 Å². The third-order valence-electron chi connectivity index (χ3n) is 1.21. The number of halogens is 3. The number of rotatable bonds is 1. The zero-order chi connectivity index (χ0) is 9.19. The Bertz CT molecular complexity index is 295. The molecule has 0 amide bonds. The van der Waals surface area contributed by atoms with Crippen molar-refractivity contribution in [2.75, 3.05) is 0 Å². The highest BCUT2D eigenvalue weighted by molar-refractivity contribution is 5.74. The Balaban J connectivity index is 3.23. The van der Waals surface area contributed by atoms with Gasteiger partial charge in [0.2, 0.25) is 0 Å². The Kier molecular flexibility index (Phi) is 2.12. The monoisotopic (exact) mass is 174 g/mol. The second kappa shape index (κ2) is 2.92. The van der Waals surface area contributed by atoms with E-state index in [9.17, 15) is 18.0 Å². The van der Waals surface area contributed by atoms with E-state index in [-0.39, 0.29) is 0 Å². The summed E-state index contributed by atoms with van der Waals surface area (Å²) in [6.45, 7) is 0. The number of carbonyl (C=O) groups excluding carboxylic acids is 1. The Morgan fingerprint density at radius 3 is 2.50 bits per heavy atom. The lowest BCUT2D eigenvalue weighted by atomic mass is 10.2. The number of pyridine rings is 1. The first-order chi connectivity index (χ1) is 5.55. The number of nitrogens with zero attached hydrogens (tertiary/aromatic N) is 1. The molecule has 0 saturated carbocycles. The minimum atomic E-state index is -4.54. The van der Waals surface area contributed by atoms with Crippen LogP contribution in [-0.4, -0.2) is 11.3 Å². The Labute approximate surface area is 66.0 Å². The standard InChI is InChI=1S/C7H3F3NO/c8-7(9,10)5-2-1-3-11-6(5)4-12/h1-3H. The average molecular weight is 174 g/mol. The third kappa shape index (κ3) is 1.61. The summed E-state index contributed by atoms with van der Waals surface area (Å²) in [7, 11) is 0. The molecular weight excluding hydrogens is 171 g/mol. The molecule has 0 aliphatic rings. The fourth-order valence-electron chi connectivity index (χ4n) is 0.715. The van der Waals surface area contributed by atoms with Gasteiger partial charge in [0.05, 0.1) is 5.56 Å². The summed E-state index contributed by atoms with van der Waals surface area (Å²) in [5.74, 6) is 0. The fraction of sp³-hybridized carbons (Fsp3) is 0.143. The van der Waals surface area contributed by atoms with E-state index in [1.807, 2.05) is 0 Å². The topological polar surface area (TPSA) is 30.0 Å². The van der Waals surface area contributed by atoms with E-state index in [1.54, 1.807) is 0 Å². The quantitative estimate of drug-likeness (QED) is 0.646. The summed E-state index contributed by atoms with van der Waals surface area (Å²) in [6.07, 6.45) is -2.31. The van der Waals surface area contributed by atoms with Crippen LogP contribution in [0.2, 0.25) is 0 Å². The Morgan fingerprint density at radius 1 is 1.42 bits per heavy atom. The normalized spacial score (nSPS) is 11.2. The number of alkyl halides is 3. The SMILES string of the molecule is O=[C]c1ncccc1C(F)(F)F. The number of hydrogen-bond acceptors (Lipinski definition) is 2. The molecule has 1 rings (SSSR count). The van der Waals surface area contributed by atoms with Crippen LogP contribution in [0, 0.1) is 0 Å². The molecule has 0 saturated heterocycles. The maximum absolute atomic E-state index is 12.0. The molecular formula is C7H3F3NO. The summed E-state index contributed by atoms with van der Waals surface area (Å²) < 4.78 is 36.0. The molecule has 0 aliphatic heterocycles. The molecule has 1 heterocycles. The third-order valence-corrected chi connectivity index (χ3v) is 1.21. The largest absolute Gasteiger partial charge is 0.418 e. The van der Waals surface area contributed by atoms with Crippen LogP contribution >= 0.6 is 0 Å². The van der Waals surface area contributed by atoms with E-state index in [4.69, 9.17) is 0 Å². The van der Waals surface area contributed by atoms with Crippen molar-refractivity contribution in [2.24, 2.45) is 0 Å². The van der Waals surface area contributed by atoms with Gasteiger partial charge in [0.15, 0.2) is 0 Å². The van der Waals surface area contributed by atoms with Gasteiger partial charge in [-0.05, 0) is 12.1 Å². The van der Waals surface area contributed by atoms with Crippen molar-refractivity contribution in [3.63, 3.8) is 0 Å². The molecule has 0 fully saturated rings. The second-order valence-electron chi connectivity index (χ2n) is 2.00. The van der Waals surface area contributed by atoms with Gasteiger partial charge < -0.3 is 0 Å². The van der Waals surface area contributed by atoms with E-state index in [0.717, 1.165) is 24.6 Å². The lowest BCUT2D eigenvalue weighted by Gasteiger charge is -2.06. The first-order valence-electron chi connectivity index (χ1n) is 2.96. The van der Waals surface area contributed by atoms with Gasteiger partial charge in [0.25, 0.3) is 6.29 Å². The zero-order valence-corrected chi connectivity index (χ0v) is 5.72. The van der Waals surface area contributed by atoms with Crippen LogP contribution in [0.1, 0.15) is 11.3 Å². The van der Waals surface area contributed by atoms with Crippen LogP contribution in [0.3, 0.4) is 0 Å². The van der Waals surface area contributed by atoms with Gasteiger partial charge in [-0.25, -0.2) is 0 Å². The predicted molar refractivity (Wildman–Crippen MR) is 34.0 cm³/mol. The molecule has 0 bridgehead atoms. The van der Waals surface area contributed by atoms with Crippen molar-refractivity contribution >= 4 is 6.29 Å². The lowest BCUT2D eigenvalue weighted by molar-refractivity contribution is -0.137. The molecule has 0 aromatic carbocycles. The molecule has 0 unspecified atom stereocenters. The van der Waals surface area contributed by atoms with Crippen molar-refractivity contribution in [1.29, 1.82) is 0 Å². The molecule has 12 heavy (non-hydrogen) atoms. The van der Waals surface area contributed by atoms with Gasteiger partial charge >= 0.3 is 6.18 Å². The van der Waals surface area contributed by atoms with E-state index in [2.05, 4.69) is 4.98 Å². The van der Waals surface area contributed by atoms with Crippen molar-refractivity contribution in [2.45, 2.75) is 6.18 Å². The van der Waals surface area contributed by atoms with Crippen molar-refractivity contribution in [3.8, 4) is 0 Å². The maximum atomic E-state index is 12.0. The zero-order valence-electron chi connectivity index (χ0n) is 5.72. The molecule has 1 aromatic rings. The first-order valence-corrected chi connectivity index (χ1v) is 2.96. The van der Waals surface area contributed by atoms with E-state index in [0.29, 0.717) is 0 Å². The predicted octanol–water partition coefficient (Wildman–Crippen LogP) is 1.56. The molecule has 0 spiro atoms. The first kappa shape index (κ1) is 8.70. The van der Waals surface area contributed by atoms with Gasteiger partial charge in [-0.1, -0.05) is 0 Å².